The molecular formula is C34H29F2N5O4S. The van der Waals surface area contributed by atoms with Crippen molar-refractivity contribution in [2.75, 3.05) is 19.8 Å². The Morgan fingerprint density at radius 3 is 2.80 bits per heavy atom. The van der Waals surface area contributed by atoms with Crippen molar-refractivity contribution in [3.63, 3.8) is 0 Å². The van der Waals surface area contributed by atoms with Crippen LogP contribution in [0.1, 0.15) is 29.8 Å². The third-order valence-corrected chi connectivity index (χ3v) is 9.42. The van der Waals surface area contributed by atoms with Crippen molar-refractivity contribution < 1.29 is 28.2 Å². The molecule has 234 valence electrons. The smallest absolute Gasteiger partial charge is 0.246 e. The lowest BCUT2D eigenvalue weighted by Crippen LogP contribution is -2.40. The van der Waals surface area contributed by atoms with Gasteiger partial charge >= 0.3 is 0 Å². The summed E-state index contributed by atoms with van der Waals surface area (Å²) in [5.41, 5.74) is 5.33. The number of benzene rings is 2. The largest absolute Gasteiger partial charge is 0.490 e. The normalized spacial score (nSPS) is 15.8. The second kappa shape index (κ2) is 11.8. The maximum absolute atomic E-state index is 15.9. The molecule has 46 heavy (non-hydrogen) atoms. The molecule has 0 saturated carbocycles. The van der Waals surface area contributed by atoms with E-state index in [0.29, 0.717) is 53.4 Å². The Labute approximate surface area is 266 Å². The fourth-order valence-corrected chi connectivity index (χ4v) is 7.25. The van der Waals surface area contributed by atoms with Crippen LogP contribution in [0.3, 0.4) is 0 Å². The molecule has 2 aliphatic rings. The predicted octanol–water partition coefficient (Wildman–Crippen LogP) is 5.40. The SMILES string of the molecule is C=CC(=O)N1CCn2nc(-c3nc(-c4ccc5c(c4)CNC(=O)C5)c4ccsc4c3-c3c(F)cc(F)cc3OCCO)cc2C1C. The van der Waals surface area contributed by atoms with Crippen molar-refractivity contribution in [1.82, 2.24) is 25.0 Å². The van der Waals surface area contributed by atoms with Gasteiger partial charge in [0, 0.05) is 46.4 Å². The Morgan fingerprint density at radius 1 is 1.15 bits per heavy atom. The van der Waals surface area contributed by atoms with Crippen LogP contribution < -0.4 is 10.1 Å². The Morgan fingerprint density at radius 2 is 2.00 bits per heavy atom. The summed E-state index contributed by atoms with van der Waals surface area (Å²) in [5, 5.41) is 19.9. The summed E-state index contributed by atoms with van der Waals surface area (Å²) in [5.74, 6) is -1.95. The molecular weight excluding hydrogens is 612 g/mol. The van der Waals surface area contributed by atoms with Gasteiger partial charge in [0.05, 0.1) is 42.6 Å². The van der Waals surface area contributed by atoms with E-state index in [1.165, 1.54) is 17.4 Å². The van der Waals surface area contributed by atoms with E-state index in [4.69, 9.17) is 14.8 Å². The summed E-state index contributed by atoms with van der Waals surface area (Å²) in [4.78, 5) is 31.4. The Balaban J connectivity index is 1.49. The highest BCUT2D eigenvalue weighted by atomic mass is 32.1. The number of halogens is 2. The van der Waals surface area contributed by atoms with Gasteiger partial charge in [0.2, 0.25) is 11.8 Å². The monoisotopic (exact) mass is 641 g/mol. The molecule has 2 aliphatic heterocycles. The van der Waals surface area contributed by atoms with Gasteiger partial charge in [0.15, 0.2) is 0 Å². The summed E-state index contributed by atoms with van der Waals surface area (Å²) < 4.78 is 38.7. The molecule has 2 aromatic carbocycles. The average molecular weight is 642 g/mol. The van der Waals surface area contributed by atoms with Crippen LogP contribution in [-0.4, -0.2) is 56.3 Å². The third kappa shape index (κ3) is 5.03. The van der Waals surface area contributed by atoms with Crippen LogP contribution in [0.25, 0.3) is 43.9 Å². The summed E-state index contributed by atoms with van der Waals surface area (Å²) in [6.45, 7) is 6.30. The molecule has 3 aromatic heterocycles. The van der Waals surface area contributed by atoms with Gasteiger partial charge in [-0.05, 0) is 47.7 Å². The first-order valence-electron chi connectivity index (χ1n) is 14.8. The number of nitrogens with one attached hydrogen (secondary N) is 1. The number of amides is 2. The zero-order valence-corrected chi connectivity index (χ0v) is 25.7. The summed E-state index contributed by atoms with van der Waals surface area (Å²) >= 11 is 1.38. The molecule has 5 aromatic rings. The number of fused-ring (bicyclic) bond motifs is 3. The highest BCUT2D eigenvalue weighted by molar-refractivity contribution is 7.18. The van der Waals surface area contributed by atoms with Crippen LogP contribution in [-0.2, 0) is 29.1 Å². The molecule has 0 saturated heterocycles. The van der Waals surface area contributed by atoms with Crippen molar-refractivity contribution >= 4 is 33.2 Å². The second-order valence-electron chi connectivity index (χ2n) is 11.2. The van der Waals surface area contributed by atoms with Crippen LogP contribution in [0.15, 0.2) is 60.5 Å². The highest BCUT2D eigenvalue weighted by Gasteiger charge is 2.31. The number of carbonyl (C=O) groups is 2. The number of ether oxygens (including phenoxy) is 1. The van der Waals surface area contributed by atoms with E-state index in [1.807, 2.05) is 47.3 Å². The standard InChI is InChI=1S/C34H29F2N5O4S/c1-3-29(44)40-7-8-41-26(18(40)2)16-25(39-41)33-31(30-24(36)14-22(35)15-27(30)45-10-9-42)34-23(6-11-46-34)32(38-33)20-5-4-19-13-28(43)37-17-21(19)12-20/h3-6,11-12,14-16,18,42H,1,7-10,13,17H2,2H3,(H,37,43). The molecule has 5 heterocycles. The van der Waals surface area contributed by atoms with Crippen LogP contribution in [0.4, 0.5) is 8.78 Å². The van der Waals surface area contributed by atoms with Gasteiger partial charge in [-0.1, -0.05) is 18.7 Å². The first kappa shape index (κ1) is 29.8. The number of rotatable bonds is 7. The Hall–Kier alpha value is -4.94. The van der Waals surface area contributed by atoms with Gasteiger partial charge < -0.3 is 20.1 Å². The number of hydrogen-bond acceptors (Lipinski definition) is 7. The summed E-state index contributed by atoms with van der Waals surface area (Å²) in [6.07, 6.45) is 1.58. The summed E-state index contributed by atoms with van der Waals surface area (Å²) in [7, 11) is 0. The van der Waals surface area contributed by atoms with Crippen LogP contribution in [0.2, 0.25) is 0 Å². The lowest BCUT2D eigenvalue weighted by molar-refractivity contribution is -0.129. The minimum Gasteiger partial charge on any atom is -0.490 e. The van der Waals surface area contributed by atoms with E-state index in [1.54, 1.807) is 4.90 Å². The van der Waals surface area contributed by atoms with Gasteiger partial charge in [-0.3, -0.25) is 14.3 Å². The van der Waals surface area contributed by atoms with Crippen LogP contribution in [0, 0.1) is 11.6 Å². The van der Waals surface area contributed by atoms with Crippen molar-refractivity contribution in [3.8, 4) is 39.5 Å². The fourth-order valence-electron chi connectivity index (χ4n) is 6.30. The van der Waals surface area contributed by atoms with E-state index in [2.05, 4.69) is 11.9 Å². The quantitative estimate of drug-likeness (QED) is 0.230. The number of thiophene rings is 1. The molecule has 0 bridgehead atoms. The molecule has 2 N–H and O–H groups in total. The van der Waals surface area contributed by atoms with Crippen molar-refractivity contribution in [2.24, 2.45) is 0 Å². The number of hydrogen-bond donors (Lipinski definition) is 2. The fraction of sp³-hybridized carbons (Fsp3) is 0.235. The molecule has 0 fully saturated rings. The molecule has 12 heteroatoms. The molecule has 0 radical (unpaired) electrons. The number of aliphatic hydroxyl groups is 1. The lowest BCUT2D eigenvalue weighted by Gasteiger charge is -2.33. The zero-order valence-electron chi connectivity index (χ0n) is 24.8. The van der Waals surface area contributed by atoms with Crippen molar-refractivity contribution in [2.45, 2.75) is 32.5 Å². The van der Waals surface area contributed by atoms with Gasteiger partial charge in [0.25, 0.3) is 0 Å². The molecule has 9 nitrogen and oxygen atoms in total. The maximum atomic E-state index is 15.9. The van der Waals surface area contributed by atoms with Crippen molar-refractivity contribution in [1.29, 1.82) is 0 Å². The molecule has 1 unspecified atom stereocenters. The number of aliphatic hydroxyl groups excluding tert-OH is 1. The van der Waals surface area contributed by atoms with Gasteiger partial charge in [-0.25, -0.2) is 13.8 Å². The predicted molar refractivity (Wildman–Crippen MR) is 170 cm³/mol. The van der Waals surface area contributed by atoms with E-state index in [0.717, 1.165) is 39.9 Å². The highest BCUT2D eigenvalue weighted by Crippen LogP contribution is 2.47. The third-order valence-electron chi connectivity index (χ3n) is 8.49. The topological polar surface area (TPSA) is 110 Å². The molecule has 0 aliphatic carbocycles. The minimum atomic E-state index is -0.844. The van der Waals surface area contributed by atoms with Gasteiger partial charge in [0.1, 0.15) is 35.4 Å². The minimum absolute atomic E-state index is 0.00647. The second-order valence-corrected chi connectivity index (χ2v) is 12.1. The van der Waals surface area contributed by atoms with E-state index in [-0.39, 0.29) is 42.4 Å². The summed E-state index contributed by atoms with van der Waals surface area (Å²) in [6, 6.07) is 11.2. The van der Waals surface area contributed by atoms with Gasteiger partial charge in [-0.2, -0.15) is 5.10 Å². The van der Waals surface area contributed by atoms with Crippen LogP contribution >= 0.6 is 11.3 Å². The number of carbonyl (C=O) groups excluding carboxylic acids is 2. The average Bonchev–Trinajstić information content (AvgIpc) is 3.71. The first-order chi connectivity index (χ1) is 22.3. The molecule has 1 atom stereocenters. The first-order valence-corrected chi connectivity index (χ1v) is 15.7. The number of aromatic nitrogens is 3. The molecule has 2 amide bonds. The van der Waals surface area contributed by atoms with E-state index < -0.39 is 11.6 Å². The number of pyridine rings is 1. The van der Waals surface area contributed by atoms with Gasteiger partial charge in [-0.15, -0.1) is 11.3 Å². The Bertz CT molecular complexity index is 2060. The van der Waals surface area contributed by atoms with Crippen molar-refractivity contribution in [3.05, 3.63) is 89.0 Å². The molecule has 0 spiro atoms. The number of nitrogens with zero attached hydrogens (tertiary/aromatic N) is 4. The van der Waals surface area contributed by atoms with Crippen LogP contribution in [0.5, 0.6) is 5.75 Å². The zero-order chi connectivity index (χ0) is 32.1. The maximum Gasteiger partial charge on any atom is 0.246 e. The van der Waals surface area contributed by atoms with E-state index in [9.17, 15) is 19.1 Å². The van der Waals surface area contributed by atoms with E-state index >= 15 is 4.39 Å². The lowest BCUT2D eigenvalue weighted by atomic mass is 9.93. The Kier molecular flexibility index (Phi) is 7.61. The molecule has 7 rings (SSSR count).